The summed E-state index contributed by atoms with van der Waals surface area (Å²) < 4.78 is 5.25. The minimum atomic E-state index is 0.621. The fourth-order valence-electron chi connectivity index (χ4n) is 1.57. The first kappa shape index (κ1) is 11.3. The van der Waals surface area contributed by atoms with E-state index in [2.05, 4.69) is 10.3 Å². The zero-order valence-electron chi connectivity index (χ0n) is 9.90. The number of para-hydroxylation sites is 2. The molecule has 0 spiro atoms. The van der Waals surface area contributed by atoms with Gasteiger partial charge in [-0.15, -0.1) is 0 Å². The first-order valence-corrected chi connectivity index (χ1v) is 5.33. The molecule has 17 heavy (non-hydrogen) atoms. The Morgan fingerprint density at radius 1 is 1.29 bits per heavy atom. The van der Waals surface area contributed by atoms with Crippen LogP contribution in [0.5, 0.6) is 5.75 Å². The molecule has 0 amide bonds. The third kappa shape index (κ3) is 2.47. The lowest BCUT2D eigenvalue weighted by atomic mass is 10.2. The maximum atomic E-state index is 5.89. The van der Waals surface area contributed by atoms with E-state index in [4.69, 9.17) is 10.5 Å². The number of nitrogens with two attached hydrogens (primary N) is 1. The van der Waals surface area contributed by atoms with Gasteiger partial charge < -0.3 is 15.8 Å². The van der Waals surface area contributed by atoms with Crippen molar-refractivity contribution in [3.05, 3.63) is 42.1 Å². The fourth-order valence-corrected chi connectivity index (χ4v) is 1.57. The average Bonchev–Trinajstić information content (AvgIpc) is 2.33. The molecular weight excluding hydrogens is 214 g/mol. The van der Waals surface area contributed by atoms with E-state index < -0.39 is 0 Å². The highest BCUT2D eigenvalue weighted by Crippen LogP contribution is 2.28. The summed E-state index contributed by atoms with van der Waals surface area (Å²) in [5.41, 5.74) is 8.40. The molecule has 1 heterocycles. The molecule has 3 N–H and O–H groups in total. The Labute approximate surface area is 100 Å². The number of ether oxygens (including phenoxy) is 1. The highest BCUT2D eigenvalue weighted by Gasteiger charge is 2.05. The number of aromatic nitrogens is 1. The number of aryl methyl sites for hydroxylation is 1. The van der Waals surface area contributed by atoms with Crippen LogP contribution in [0.1, 0.15) is 5.56 Å². The minimum Gasteiger partial charge on any atom is -0.495 e. The van der Waals surface area contributed by atoms with Gasteiger partial charge in [-0.05, 0) is 30.7 Å². The topological polar surface area (TPSA) is 60.2 Å². The molecule has 0 aliphatic carbocycles. The van der Waals surface area contributed by atoms with Crippen LogP contribution in [-0.2, 0) is 0 Å². The second-order valence-corrected chi connectivity index (χ2v) is 3.78. The molecule has 1 aromatic heterocycles. The van der Waals surface area contributed by atoms with Crippen LogP contribution in [0.25, 0.3) is 0 Å². The van der Waals surface area contributed by atoms with E-state index in [0.717, 1.165) is 17.0 Å². The molecule has 1 aromatic carbocycles. The molecule has 0 saturated heterocycles. The first-order chi connectivity index (χ1) is 8.20. The van der Waals surface area contributed by atoms with Gasteiger partial charge in [0.2, 0.25) is 0 Å². The summed E-state index contributed by atoms with van der Waals surface area (Å²) >= 11 is 0. The summed E-state index contributed by atoms with van der Waals surface area (Å²) in [5.74, 6) is 1.40. The summed E-state index contributed by atoms with van der Waals surface area (Å²) in [6.45, 7) is 1.95. The molecule has 0 fully saturated rings. The van der Waals surface area contributed by atoms with Crippen molar-refractivity contribution in [3.63, 3.8) is 0 Å². The van der Waals surface area contributed by atoms with E-state index >= 15 is 0 Å². The Bertz CT molecular complexity index is 526. The fraction of sp³-hybridized carbons (Fsp3) is 0.154. The lowest BCUT2D eigenvalue weighted by molar-refractivity contribution is 0.417. The van der Waals surface area contributed by atoms with E-state index in [1.165, 1.54) is 0 Å². The summed E-state index contributed by atoms with van der Waals surface area (Å²) in [7, 11) is 1.63. The van der Waals surface area contributed by atoms with E-state index in [1.807, 2.05) is 37.3 Å². The monoisotopic (exact) mass is 229 g/mol. The standard InChI is InChI=1S/C13H15N3O/c1-9-7-10(14)13(15-8-9)16-11-5-3-4-6-12(11)17-2/h3-8H,14H2,1-2H3,(H,15,16). The minimum absolute atomic E-state index is 0.621. The molecule has 0 aliphatic rings. The SMILES string of the molecule is COc1ccccc1Nc1ncc(C)cc1N. The summed E-state index contributed by atoms with van der Waals surface area (Å²) in [5, 5.41) is 3.16. The predicted molar refractivity (Wildman–Crippen MR) is 69.7 cm³/mol. The van der Waals surface area contributed by atoms with Gasteiger partial charge in [0, 0.05) is 6.20 Å². The number of anilines is 3. The Balaban J connectivity index is 2.31. The maximum absolute atomic E-state index is 5.89. The van der Waals surface area contributed by atoms with Crippen LogP contribution in [0.4, 0.5) is 17.2 Å². The molecule has 0 aliphatic heterocycles. The predicted octanol–water partition coefficient (Wildman–Crippen LogP) is 2.72. The van der Waals surface area contributed by atoms with Gasteiger partial charge in [-0.3, -0.25) is 0 Å². The average molecular weight is 229 g/mol. The smallest absolute Gasteiger partial charge is 0.153 e. The zero-order chi connectivity index (χ0) is 12.3. The van der Waals surface area contributed by atoms with Crippen molar-refractivity contribution in [3.8, 4) is 5.75 Å². The van der Waals surface area contributed by atoms with Gasteiger partial charge >= 0.3 is 0 Å². The largest absolute Gasteiger partial charge is 0.495 e. The molecule has 0 atom stereocenters. The summed E-state index contributed by atoms with van der Waals surface area (Å²) in [6.07, 6.45) is 1.77. The molecular formula is C13H15N3O. The van der Waals surface area contributed by atoms with Gasteiger partial charge in [0.15, 0.2) is 5.82 Å². The number of hydrogen-bond donors (Lipinski definition) is 2. The van der Waals surface area contributed by atoms with Crippen LogP contribution < -0.4 is 15.8 Å². The normalized spacial score (nSPS) is 10.0. The van der Waals surface area contributed by atoms with E-state index in [9.17, 15) is 0 Å². The number of nitrogens with one attached hydrogen (secondary N) is 1. The molecule has 0 radical (unpaired) electrons. The number of nitrogens with zero attached hydrogens (tertiary/aromatic N) is 1. The highest BCUT2D eigenvalue weighted by molar-refractivity contribution is 5.72. The van der Waals surface area contributed by atoms with Gasteiger partial charge in [0.05, 0.1) is 18.5 Å². The van der Waals surface area contributed by atoms with E-state index in [1.54, 1.807) is 13.3 Å². The van der Waals surface area contributed by atoms with Gasteiger partial charge in [0.1, 0.15) is 5.75 Å². The van der Waals surface area contributed by atoms with Crippen LogP contribution in [0, 0.1) is 6.92 Å². The number of nitrogen functional groups attached to an aromatic ring is 1. The number of hydrogen-bond acceptors (Lipinski definition) is 4. The van der Waals surface area contributed by atoms with Crippen LogP contribution >= 0.6 is 0 Å². The lowest BCUT2D eigenvalue weighted by Crippen LogP contribution is -2.00. The Kier molecular flexibility index (Phi) is 3.14. The summed E-state index contributed by atoms with van der Waals surface area (Å²) in [4.78, 5) is 4.26. The zero-order valence-corrected chi connectivity index (χ0v) is 9.90. The molecule has 0 unspecified atom stereocenters. The third-order valence-electron chi connectivity index (χ3n) is 2.41. The Morgan fingerprint density at radius 2 is 2.06 bits per heavy atom. The molecule has 2 rings (SSSR count). The van der Waals surface area contributed by atoms with Crippen LogP contribution in [0.2, 0.25) is 0 Å². The summed E-state index contributed by atoms with van der Waals surface area (Å²) in [6, 6.07) is 9.52. The van der Waals surface area contributed by atoms with Crippen molar-refractivity contribution in [1.82, 2.24) is 4.98 Å². The van der Waals surface area contributed by atoms with Crippen LogP contribution in [0.15, 0.2) is 36.5 Å². The number of benzene rings is 1. The number of pyridine rings is 1. The molecule has 4 nitrogen and oxygen atoms in total. The van der Waals surface area contributed by atoms with Crippen molar-refractivity contribution in [1.29, 1.82) is 0 Å². The van der Waals surface area contributed by atoms with Crippen molar-refractivity contribution < 1.29 is 4.74 Å². The Hall–Kier alpha value is -2.23. The van der Waals surface area contributed by atoms with Crippen LogP contribution in [0.3, 0.4) is 0 Å². The number of methoxy groups -OCH3 is 1. The Morgan fingerprint density at radius 3 is 2.76 bits per heavy atom. The van der Waals surface area contributed by atoms with Gasteiger partial charge in [-0.1, -0.05) is 12.1 Å². The lowest BCUT2D eigenvalue weighted by Gasteiger charge is -2.11. The number of rotatable bonds is 3. The van der Waals surface area contributed by atoms with E-state index in [-0.39, 0.29) is 0 Å². The molecule has 4 heteroatoms. The molecule has 0 bridgehead atoms. The molecule has 2 aromatic rings. The van der Waals surface area contributed by atoms with Crippen LogP contribution in [-0.4, -0.2) is 12.1 Å². The van der Waals surface area contributed by atoms with Crippen molar-refractivity contribution in [2.24, 2.45) is 0 Å². The van der Waals surface area contributed by atoms with Crippen molar-refractivity contribution in [2.75, 3.05) is 18.2 Å². The quantitative estimate of drug-likeness (QED) is 0.849. The maximum Gasteiger partial charge on any atom is 0.153 e. The first-order valence-electron chi connectivity index (χ1n) is 5.33. The third-order valence-corrected chi connectivity index (χ3v) is 2.41. The van der Waals surface area contributed by atoms with Crippen molar-refractivity contribution >= 4 is 17.2 Å². The highest BCUT2D eigenvalue weighted by atomic mass is 16.5. The van der Waals surface area contributed by atoms with Crippen molar-refractivity contribution in [2.45, 2.75) is 6.92 Å². The molecule has 0 saturated carbocycles. The second-order valence-electron chi connectivity index (χ2n) is 3.78. The van der Waals surface area contributed by atoms with E-state index in [0.29, 0.717) is 11.5 Å². The second kappa shape index (κ2) is 4.74. The molecule has 88 valence electrons. The van der Waals surface area contributed by atoms with Gasteiger partial charge in [-0.25, -0.2) is 4.98 Å². The van der Waals surface area contributed by atoms with Gasteiger partial charge in [-0.2, -0.15) is 0 Å². The van der Waals surface area contributed by atoms with Gasteiger partial charge in [0.25, 0.3) is 0 Å².